The van der Waals surface area contributed by atoms with E-state index in [2.05, 4.69) is 16.5 Å². The molecule has 0 radical (unpaired) electrons. The molecule has 1 spiro atoms. The molecule has 2 fully saturated rings. The van der Waals surface area contributed by atoms with Crippen molar-refractivity contribution in [3.8, 4) is 0 Å². The summed E-state index contributed by atoms with van der Waals surface area (Å²) in [5.74, 6) is 1.36. The largest absolute Gasteiger partial charge is 0.468 e. The number of hydrogen-bond donors (Lipinski definition) is 0. The van der Waals surface area contributed by atoms with Crippen molar-refractivity contribution in [1.82, 2.24) is 14.8 Å². The molecular weight excluding hydrogens is 322 g/mol. The second-order valence-electron chi connectivity index (χ2n) is 6.62. The van der Waals surface area contributed by atoms with Crippen LogP contribution in [-0.2, 0) is 11.3 Å². The molecule has 24 heavy (non-hydrogen) atoms. The Morgan fingerprint density at radius 2 is 2.46 bits per heavy atom. The normalized spacial score (nSPS) is 27.4. The van der Waals surface area contributed by atoms with Gasteiger partial charge < -0.3 is 9.32 Å². The van der Waals surface area contributed by atoms with Gasteiger partial charge in [-0.05, 0) is 18.6 Å². The number of carbonyl (C=O) groups excluding carboxylic acids is 1. The van der Waals surface area contributed by atoms with Crippen molar-refractivity contribution in [2.45, 2.75) is 18.9 Å². The van der Waals surface area contributed by atoms with Gasteiger partial charge in [-0.2, -0.15) is 0 Å². The number of likely N-dealkylation sites (tertiary alicyclic amines) is 2. The highest BCUT2D eigenvalue weighted by Crippen LogP contribution is 2.50. The Morgan fingerprint density at radius 3 is 3.17 bits per heavy atom. The summed E-state index contributed by atoms with van der Waals surface area (Å²) in [7, 11) is 0. The fourth-order valence-corrected chi connectivity index (χ4v) is 4.98. The van der Waals surface area contributed by atoms with Crippen molar-refractivity contribution in [2.75, 3.05) is 26.2 Å². The highest BCUT2D eigenvalue weighted by Gasteiger charge is 2.57. The molecule has 2 aromatic rings. The number of nitrogens with zero attached hydrogens (tertiary/aromatic N) is 3. The minimum atomic E-state index is -0.354. The van der Waals surface area contributed by atoms with E-state index in [9.17, 15) is 4.79 Å². The van der Waals surface area contributed by atoms with E-state index in [0.29, 0.717) is 6.54 Å². The maximum Gasteiger partial charge on any atom is 0.231 e. The first-order valence-electron chi connectivity index (χ1n) is 8.27. The van der Waals surface area contributed by atoms with E-state index in [1.165, 1.54) is 0 Å². The molecule has 2 atom stereocenters. The van der Waals surface area contributed by atoms with Gasteiger partial charge in [-0.25, -0.2) is 4.98 Å². The van der Waals surface area contributed by atoms with Gasteiger partial charge in [0.25, 0.3) is 0 Å². The van der Waals surface area contributed by atoms with E-state index in [1.54, 1.807) is 17.6 Å². The zero-order chi connectivity index (χ0) is 16.6. The number of amides is 1. The number of aromatic nitrogens is 1. The number of thiazole rings is 1. The van der Waals surface area contributed by atoms with E-state index in [4.69, 9.17) is 4.42 Å². The van der Waals surface area contributed by atoms with Gasteiger partial charge in [-0.1, -0.05) is 6.08 Å². The van der Waals surface area contributed by atoms with E-state index in [0.717, 1.165) is 43.4 Å². The monoisotopic (exact) mass is 343 g/mol. The quantitative estimate of drug-likeness (QED) is 0.783. The lowest BCUT2D eigenvalue weighted by molar-refractivity contribution is -0.135. The molecule has 0 saturated carbocycles. The predicted molar refractivity (Wildman–Crippen MR) is 92.7 cm³/mol. The Balaban J connectivity index is 1.62. The van der Waals surface area contributed by atoms with Crippen molar-refractivity contribution in [3.05, 3.63) is 53.4 Å². The van der Waals surface area contributed by atoms with Crippen molar-refractivity contribution in [2.24, 2.45) is 5.41 Å². The Kier molecular flexibility index (Phi) is 4.02. The molecular formula is C18H21N3O2S. The van der Waals surface area contributed by atoms with Crippen LogP contribution in [0.5, 0.6) is 0 Å². The topological polar surface area (TPSA) is 49.6 Å². The number of furan rings is 1. The molecule has 1 amide bonds. The molecule has 0 aromatic carbocycles. The molecule has 4 heterocycles. The molecule has 0 N–H and O–H groups in total. The van der Waals surface area contributed by atoms with Gasteiger partial charge in [0.2, 0.25) is 5.91 Å². The Morgan fingerprint density at radius 1 is 1.54 bits per heavy atom. The lowest BCUT2D eigenvalue weighted by Gasteiger charge is -2.27. The lowest BCUT2D eigenvalue weighted by atomic mass is 9.77. The molecule has 4 rings (SSSR count). The SMILES string of the molecule is C=CCN1CCC2(CN(Cc3ccco3)CC2c2nccs2)C1=O. The fourth-order valence-electron chi connectivity index (χ4n) is 4.13. The van der Waals surface area contributed by atoms with Gasteiger partial charge in [-0.3, -0.25) is 9.69 Å². The third-order valence-corrected chi connectivity index (χ3v) is 6.10. The molecule has 2 aliphatic rings. The fraction of sp³-hybridized carbons (Fsp3) is 0.444. The summed E-state index contributed by atoms with van der Waals surface area (Å²) in [4.78, 5) is 22.0. The number of rotatable bonds is 5. The molecule has 5 nitrogen and oxygen atoms in total. The van der Waals surface area contributed by atoms with Crippen LogP contribution in [0.25, 0.3) is 0 Å². The molecule has 2 unspecified atom stereocenters. The van der Waals surface area contributed by atoms with Crippen LogP contribution in [-0.4, -0.2) is 46.9 Å². The van der Waals surface area contributed by atoms with Gasteiger partial charge in [-0.15, -0.1) is 17.9 Å². The van der Waals surface area contributed by atoms with Crippen LogP contribution >= 0.6 is 11.3 Å². The second-order valence-corrected chi connectivity index (χ2v) is 7.54. The van der Waals surface area contributed by atoms with E-state index >= 15 is 0 Å². The van der Waals surface area contributed by atoms with Gasteiger partial charge >= 0.3 is 0 Å². The molecule has 2 aliphatic heterocycles. The summed E-state index contributed by atoms with van der Waals surface area (Å²) in [6.07, 6.45) is 6.24. The number of hydrogen-bond acceptors (Lipinski definition) is 5. The average molecular weight is 343 g/mol. The second kappa shape index (κ2) is 6.18. The summed E-state index contributed by atoms with van der Waals surface area (Å²) >= 11 is 1.66. The van der Waals surface area contributed by atoms with E-state index in [1.807, 2.05) is 34.7 Å². The summed E-state index contributed by atoms with van der Waals surface area (Å²) in [6, 6.07) is 3.90. The Labute approximate surface area is 145 Å². The Bertz CT molecular complexity index is 713. The summed E-state index contributed by atoms with van der Waals surface area (Å²) in [6.45, 7) is 7.57. The summed E-state index contributed by atoms with van der Waals surface area (Å²) in [5.41, 5.74) is -0.354. The van der Waals surface area contributed by atoms with E-state index in [-0.39, 0.29) is 17.2 Å². The maximum atomic E-state index is 13.2. The minimum absolute atomic E-state index is 0.162. The number of carbonyl (C=O) groups is 1. The first kappa shape index (κ1) is 15.6. The minimum Gasteiger partial charge on any atom is -0.468 e. The van der Waals surface area contributed by atoms with Crippen LogP contribution in [0, 0.1) is 5.41 Å². The summed E-state index contributed by atoms with van der Waals surface area (Å²) in [5, 5.41) is 3.07. The van der Waals surface area contributed by atoms with Crippen molar-refractivity contribution in [3.63, 3.8) is 0 Å². The predicted octanol–water partition coefficient (Wildman–Crippen LogP) is 2.74. The third kappa shape index (κ3) is 2.50. The lowest BCUT2D eigenvalue weighted by Crippen LogP contribution is -2.39. The van der Waals surface area contributed by atoms with Crippen molar-refractivity contribution >= 4 is 17.2 Å². The van der Waals surface area contributed by atoms with Crippen molar-refractivity contribution in [1.29, 1.82) is 0 Å². The molecule has 126 valence electrons. The zero-order valence-electron chi connectivity index (χ0n) is 13.6. The van der Waals surface area contributed by atoms with Crippen LogP contribution in [0.2, 0.25) is 0 Å². The highest BCUT2D eigenvalue weighted by molar-refractivity contribution is 7.09. The van der Waals surface area contributed by atoms with Crippen LogP contribution in [0.1, 0.15) is 23.1 Å². The first-order chi connectivity index (χ1) is 11.7. The molecule has 6 heteroatoms. The third-order valence-electron chi connectivity index (χ3n) is 5.21. The molecule has 2 aromatic heterocycles. The molecule has 0 bridgehead atoms. The van der Waals surface area contributed by atoms with Gasteiger partial charge in [0.1, 0.15) is 5.76 Å². The molecule has 0 aliphatic carbocycles. The van der Waals surface area contributed by atoms with Crippen LogP contribution in [0.3, 0.4) is 0 Å². The van der Waals surface area contributed by atoms with Gasteiger partial charge in [0.05, 0.1) is 23.2 Å². The van der Waals surface area contributed by atoms with Crippen molar-refractivity contribution < 1.29 is 9.21 Å². The van der Waals surface area contributed by atoms with Crippen LogP contribution in [0.15, 0.2) is 47.0 Å². The zero-order valence-corrected chi connectivity index (χ0v) is 14.4. The molecule has 2 saturated heterocycles. The Hall–Kier alpha value is -1.92. The average Bonchev–Trinajstić information content (AvgIpc) is 3.34. The smallest absolute Gasteiger partial charge is 0.231 e. The highest BCUT2D eigenvalue weighted by atomic mass is 32.1. The standard InChI is InChI=1S/C18H21N3O2S/c1-2-7-21-8-5-18(17(21)22)13-20(11-14-4-3-9-23-14)12-15(18)16-19-6-10-24-16/h2-4,6,9-10,15H,1,5,7-8,11-13H2. The maximum absolute atomic E-state index is 13.2. The van der Waals surface area contributed by atoms with Crippen LogP contribution in [0.4, 0.5) is 0 Å². The summed E-state index contributed by atoms with van der Waals surface area (Å²) < 4.78 is 5.50. The first-order valence-corrected chi connectivity index (χ1v) is 9.15. The van der Waals surface area contributed by atoms with Gasteiger partial charge in [0, 0.05) is 43.7 Å². The van der Waals surface area contributed by atoms with Crippen LogP contribution < -0.4 is 0 Å². The van der Waals surface area contributed by atoms with Gasteiger partial charge in [0.15, 0.2) is 0 Å². The van der Waals surface area contributed by atoms with E-state index < -0.39 is 0 Å².